The Morgan fingerprint density at radius 1 is 1.36 bits per heavy atom. The fourth-order valence-corrected chi connectivity index (χ4v) is 0.775. The highest BCUT2D eigenvalue weighted by Crippen LogP contribution is 2.00. The van der Waals surface area contributed by atoms with Crippen LogP contribution in [0.5, 0.6) is 0 Å². The zero-order valence-electron chi connectivity index (χ0n) is 6.85. The molecule has 0 amide bonds. The van der Waals surface area contributed by atoms with Crippen LogP contribution >= 0.6 is 0 Å². The average molecular weight is 153 g/mol. The first-order valence-electron chi connectivity index (χ1n) is 3.97. The predicted octanol–water partition coefficient (Wildman–Crippen LogP) is 0.710. The number of carbonyl (C=O) groups is 1. The molecule has 0 aromatic rings. The fraction of sp³-hybridized carbons (Fsp3) is 0.667. The van der Waals surface area contributed by atoms with Gasteiger partial charge in [-0.15, -0.1) is 0 Å². The molecule has 0 N–H and O–H groups in total. The molecule has 0 spiro atoms. The number of carboxylic acid groups (broad SMARTS) is 1. The van der Waals surface area contributed by atoms with Crippen molar-refractivity contribution >= 4 is 5.97 Å². The number of aliphatic carboxylic acids is 1. The quantitative estimate of drug-likeness (QED) is 0.441. The van der Waals surface area contributed by atoms with Crippen LogP contribution in [0.4, 0.5) is 0 Å². The second-order valence-corrected chi connectivity index (χ2v) is 2.40. The van der Waals surface area contributed by atoms with Gasteiger partial charge in [-0.25, -0.2) is 0 Å². The molecule has 0 bridgehead atoms. The molecule has 0 aliphatic carbocycles. The van der Waals surface area contributed by atoms with Gasteiger partial charge in [-0.05, 0) is 12.3 Å². The molecular weight excluding hydrogens is 140 g/mol. The molecule has 0 aliphatic heterocycles. The van der Waals surface area contributed by atoms with Gasteiger partial charge in [0.15, 0.2) is 0 Å². The maximum Gasteiger partial charge on any atom is 0.116 e. The maximum absolute atomic E-state index is 9.80. The third-order valence-electron chi connectivity index (χ3n) is 1.35. The monoisotopic (exact) mass is 153 g/mol. The molecule has 11 heavy (non-hydrogen) atoms. The van der Waals surface area contributed by atoms with Crippen molar-refractivity contribution in [1.82, 2.24) is 0 Å². The average Bonchev–Trinajstić information content (AvgIpc) is 1.96. The molecule has 0 radical (unpaired) electrons. The van der Waals surface area contributed by atoms with Gasteiger partial charge in [-0.1, -0.05) is 32.1 Å². The summed E-state index contributed by atoms with van der Waals surface area (Å²) in [5.41, 5.74) is 0. The van der Waals surface area contributed by atoms with Crippen molar-refractivity contribution in [2.24, 2.45) is 0 Å². The van der Waals surface area contributed by atoms with E-state index in [4.69, 9.17) is 0 Å². The molecule has 0 aromatic carbocycles. The van der Waals surface area contributed by atoms with Crippen LogP contribution in [0.15, 0.2) is 0 Å². The molecule has 0 heterocycles. The maximum atomic E-state index is 9.80. The van der Waals surface area contributed by atoms with Gasteiger partial charge < -0.3 is 9.90 Å². The van der Waals surface area contributed by atoms with E-state index in [1.54, 1.807) is 0 Å². The van der Waals surface area contributed by atoms with Gasteiger partial charge in [-0.2, -0.15) is 0 Å². The van der Waals surface area contributed by atoms with Gasteiger partial charge in [0, 0.05) is 6.42 Å². The summed E-state index contributed by atoms with van der Waals surface area (Å²) in [5, 5.41) is 9.80. The molecule has 0 fully saturated rings. The smallest absolute Gasteiger partial charge is 0.116 e. The SMILES string of the molecule is CCCCCCC#CC(=O)[O-]. The van der Waals surface area contributed by atoms with Crippen molar-refractivity contribution in [3.05, 3.63) is 0 Å². The Hall–Kier alpha value is -0.970. The van der Waals surface area contributed by atoms with Gasteiger partial charge in [0.1, 0.15) is 5.97 Å². The summed E-state index contributed by atoms with van der Waals surface area (Å²) >= 11 is 0. The van der Waals surface area contributed by atoms with E-state index in [1.165, 1.54) is 12.8 Å². The van der Waals surface area contributed by atoms with E-state index in [0.29, 0.717) is 6.42 Å². The molecule has 0 unspecified atom stereocenters. The van der Waals surface area contributed by atoms with E-state index in [0.717, 1.165) is 12.8 Å². The minimum atomic E-state index is -1.28. The minimum Gasteiger partial charge on any atom is -0.537 e. The van der Waals surface area contributed by atoms with Gasteiger partial charge in [0.05, 0.1) is 0 Å². The van der Waals surface area contributed by atoms with Crippen LogP contribution in [0.2, 0.25) is 0 Å². The van der Waals surface area contributed by atoms with E-state index in [9.17, 15) is 9.90 Å². The van der Waals surface area contributed by atoms with E-state index in [-0.39, 0.29) is 0 Å². The van der Waals surface area contributed by atoms with Gasteiger partial charge in [0.25, 0.3) is 0 Å². The number of carboxylic acids is 1. The normalized spacial score (nSPS) is 8.45. The van der Waals surface area contributed by atoms with Gasteiger partial charge >= 0.3 is 0 Å². The highest BCUT2D eigenvalue weighted by molar-refractivity contribution is 5.84. The van der Waals surface area contributed by atoms with E-state index < -0.39 is 5.97 Å². The van der Waals surface area contributed by atoms with E-state index in [1.807, 2.05) is 5.92 Å². The van der Waals surface area contributed by atoms with Crippen LogP contribution in [0, 0.1) is 11.8 Å². The summed E-state index contributed by atoms with van der Waals surface area (Å²) in [6.07, 6.45) is 5.20. The molecule has 2 heteroatoms. The van der Waals surface area contributed by atoms with Crippen LogP contribution < -0.4 is 5.11 Å². The Kier molecular flexibility index (Phi) is 6.51. The molecule has 0 atom stereocenters. The molecular formula is C9H13O2-. The minimum absolute atomic E-state index is 0.675. The van der Waals surface area contributed by atoms with Crippen molar-refractivity contribution in [3.8, 4) is 11.8 Å². The summed E-state index contributed by atoms with van der Waals surface area (Å²) in [4.78, 5) is 9.80. The van der Waals surface area contributed by atoms with E-state index >= 15 is 0 Å². The Morgan fingerprint density at radius 2 is 2.09 bits per heavy atom. The molecule has 62 valence electrons. The fourth-order valence-electron chi connectivity index (χ4n) is 0.775. The van der Waals surface area contributed by atoms with Gasteiger partial charge in [-0.3, -0.25) is 0 Å². The first-order valence-corrected chi connectivity index (χ1v) is 3.97. The summed E-state index contributed by atoms with van der Waals surface area (Å²) in [6.45, 7) is 2.13. The number of unbranched alkanes of at least 4 members (excludes halogenated alkanes) is 4. The van der Waals surface area contributed by atoms with Crippen molar-refractivity contribution in [3.63, 3.8) is 0 Å². The number of rotatable bonds is 4. The number of hydrogen-bond acceptors (Lipinski definition) is 2. The largest absolute Gasteiger partial charge is 0.537 e. The van der Waals surface area contributed by atoms with Crippen LogP contribution in [0.1, 0.15) is 39.0 Å². The summed E-state index contributed by atoms with van der Waals surface area (Å²) in [6, 6.07) is 0. The lowest BCUT2D eigenvalue weighted by molar-refractivity contribution is -0.295. The summed E-state index contributed by atoms with van der Waals surface area (Å²) in [7, 11) is 0. The first-order chi connectivity index (χ1) is 5.27. The molecule has 0 aliphatic rings. The summed E-state index contributed by atoms with van der Waals surface area (Å²) < 4.78 is 0. The third-order valence-corrected chi connectivity index (χ3v) is 1.35. The molecule has 0 rings (SSSR count). The third kappa shape index (κ3) is 9.03. The first kappa shape index (κ1) is 10.0. The molecule has 0 aromatic heterocycles. The number of carbonyl (C=O) groups excluding carboxylic acids is 1. The highest BCUT2D eigenvalue weighted by atomic mass is 16.4. The second kappa shape index (κ2) is 7.14. The lowest BCUT2D eigenvalue weighted by Gasteiger charge is -1.91. The van der Waals surface area contributed by atoms with Crippen LogP contribution in [0.25, 0.3) is 0 Å². The zero-order valence-corrected chi connectivity index (χ0v) is 6.85. The van der Waals surface area contributed by atoms with Crippen LogP contribution in [-0.4, -0.2) is 5.97 Å². The zero-order chi connectivity index (χ0) is 8.53. The highest BCUT2D eigenvalue weighted by Gasteiger charge is 1.83. The topological polar surface area (TPSA) is 40.1 Å². The summed E-state index contributed by atoms with van der Waals surface area (Å²) in [5.74, 6) is 3.23. The van der Waals surface area contributed by atoms with Crippen molar-refractivity contribution in [1.29, 1.82) is 0 Å². The lowest BCUT2D eigenvalue weighted by Crippen LogP contribution is -2.19. The predicted molar refractivity (Wildman–Crippen MR) is 41.5 cm³/mol. The van der Waals surface area contributed by atoms with Crippen LogP contribution in [0.3, 0.4) is 0 Å². The lowest BCUT2D eigenvalue weighted by atomic mass is 10.2. The Labute approximate surface area is 67.6 Å². The molecule has 0 saturated carbocycles. The van der Waals surface area contributed by atoms with Crippen molar-refractivity contribution < 1.29 is 9.90 Å². The Bertz CT molecular complexity index is 162. The second-order valence-electron chi connectivity index (χ2n) is 2.40. The molecule has 0 saturated heterocycles. The Morgan fingerprint density at radius 3 is 2.64 bits per heavy atom. The Balaban J connectivity index is 3.15. The van der Waals surface area contributed by atoms with E-state index in [2.05, 4.69) is 12.8 Å². The van der Waals surface area contributed by atoms with Crippen molar-refractivity contribution in [2.45, 2.75) is 39.0 Å². The number of hydrogen-bond donors (Lipinski definition) is 0. The van der Waals surface area contributed by atoms with Crippen LogP contribution in [-0.2, 0) is 4.79 Å². The van der Waals surface area contributed by atoms with Gasteiger partial charge in [0.2, 0.25) is 0 Å². The molecule has 2 nitrogen and oxygen atoms in total. The standard InChI is InChI=1S/C9H14O2/c1-2-3-4-5-6-7-8-9(10)11/h2-6H2,1H3,(H,10,11)/p-1. The van der Waals surface area contributed by atoms with Crippen molar-refractivity contribution in [2.75, 3.05) is 0 Å².